The lowest BCUT2D eigenvalue weighted by Gasteiger charge is -2.09. The minimum absolute atomic E-state index is 0.0657. The summed E-state index contributed by atoms with van der Waals surface area (Å²) < 4.78 is 10.6. The van der Waals surface area contributed by atoms with Crippen LogP contribution in [0.1, 0.15) is 18.1 Å². The Morgan fingerprint density at radius 2 is 1.88 bits per heavy atom. The van der Waals surface area contributed by atoms with E-state index in [1.807, 2.05) is 25.1 Å². The van der Waals surface area contributed by atoms with Crippen molar-refractivity contribution in [2.24, 2.45) is 0 Å². The number of para-hydroxylation sites is 2. The molecule has 124 valence electrons. The highest BCUT2D eigenvalue weighted by molar-refractivity contribution is 5.87. The van der Waals surface area contributed by atoms with Gasteiger partial charge in [-0.15, -0.1) is 0 Å². The lowest BCUT2D eigenvalue weighted by Crippen LogP contribution is -2.03. The number of hydrogen-bond donors (Lipinski definition) is 0. The first-order valence-electron chi connectivity index (χ1n) is 7.40. The summed E-state index contributed by atoms with van der Waals surface area (Å²) in [7, 11) is 0. The molecule has 24 heavy (non-hydrogen) atoms. The van der Waals surface area contributed by atoms with E-state index in [0.717, 1.165) is 5.56 Å². The van der Waals surface area contributed by atoms with Crippen molar-refractivity contribution in [2.75, 3.05) is 6.61 Å². The minimum atomic E-state index is -0.584. The van der Waals surface area contributed by atoms with Gasteiger partial charge in [0.05, 0.1) is 17.1 Å². The number of carbonyl (C=O) groups is 1. The SMILES string of the molecule is CCOc1ccccc1COC(=O)/C=C/c1ccccc1[N+](=O)[O-]. The second-order valence-electron chi connectivity index (χ2n) is 4.80. The Bertz CT molecular complexity index is 755. The molecule has 0 unspecified atom stereocenters. The van der Waals surface area contributed by atoms with Crippen molar-refractivity contribution < 1.29 is 19.2 Å². The number of carbonyl (C=O) groups excluding carboxylic acids is 1. The first kappa shape index (κ1) is 17.2. The number of rotatable bonds is 7. The monoisotopic (exact) mass is 327 g/mol. The first-order chi connectivity index (χ1) is 11.6. The maximum absolute atomic E-state index is 11.8. The molecule has 0 saturated carbocycles. The summed E-state index contributed by atoms with van der Waals surface area (Å²) in [5, 5.41) is 10.9. The molecule has 0 saturated heterocycles. The molecule has 0 aliphatic carbocycles. The molecule has 0 radical (unpaired) electrons. The smallest absolute Gasteiger partial charge is 0.331 e. The lowest BCUT2D eigenvalue weighted by atomic mass is 10.1. The highest BCUT2D eigenvalue weighted by Crippen LogP contribution is 2.20. The molecule has 2 aromatic rings. The van der Waals surface area contributed by atoms with Gasteiger partial charge in [0.1, 0.15) is 12.4 Å². The van der Waals surface area contributed by atoms with Crippen LogP contribution >= 0.6 is 0 Å². The molecular weight excluding hydrogens is 310 g/mol. The molecular formula is C18H17NO5. The van der Waals surface area contributed by atoms with Crippen LogP contribution in [0.3, 0.4) is 0 Å². The quantitative estimate of drug-likeness (QED) is 0.335. The highest BCUT2D eigenvalue weighted by atomic mass is 16.6. The third-order valence-corrected chi connectivity index (χ3v) is 3.17. The van der Waals surface area contributed by atoms with Crippen LogP contribution in [0.2, 0.25) is 0 Å². The second kappa shape index (κ2) is 8.47. The Balaban J connectivity index is 2.01. The average molecular weight is 327 g/mol. The number of benzene rings is 2. The summed E-state index contributed by atoms with van der Waals surface area (Å²) in [6.45, 7) is 2.46. The normalized spacial score (nSPS) is 10.5. The highest BCUT2D eigenvalue weighted by Gasteiger charge is 2.10. The lowest BCUT2D eigenvalue weighted by molar-refractivity contribution is -0.385. The van der Waals surface area contributed by atoms with Crippen LogP contribution < -0.4 is 4.74 Å². The molecule has 0 heterocycles. The predicted octanol–water partition coefficient (Wildman–Crippen LogP) is 3.75. The van der Waals surface area contributed by atoms with Gasteiger partial charge in [-0.05, 0) is 25.1 Å². The summed E-state index contributed by atoms with van der Waals surface area (Å²) in [5.41, 5.74) is 1.03. The molecule has 2 aromatic carbocycles. The number of hydrogen-bond acceptors (Lipinski definition) is 5. The van der Waals surface area contributed by atoms with E-state index in [2.05, 4.69) is 0 Å². The Morgan fingerprint density at radius 1 is 1.17 bits per heavy atom. The molecule has 2 rings (SSSR count). The summed E-state index contributed by atoms with van der Waals surface area (Å²) in [6, 6.07) is 13.4. The van der Waals surface area contributed by atoms with Gasteiger partial charge in [0, 0.05) is 17.7 Å². The zero-order valence-electron chi connectivity index (χ0n) is 13.2. The summed E-state index contributed by atoms with van der Waals surface area (Å²) in [4.78, 5) is 22.2. The van der Waals surface area contributed by atoms with Gasteiger partial charge in [0.25, 0.3) is 5.69 Å². The summed E-state index contributed by atoms with van der Waals surface area (Å²) in [5.74, 6) is 0.0786. The Morgan fingerprint density at radius 3 is 2.62 bits per heavy atom. The molecule has 6 nitrogen and oxygen atoms in total. The average Bonchev–Trinajstić information content (AvgIpc) is 2.59. The fourth-order valence-electron chi connectivity index (χ4n) is 2.07. The van der Waals surface area contributed by atoms with Gasteiger partial charge < -0.3 is 9.47 Å². The van der Waals surface area contributed by atoms with E-state index in [4.69, 9.17) is 9.47 Å². The second-order valence-corrected chi connectivity index (χ2v) is 4.80. The molecule has 0 aromatic heterocycles. The van der Waals surface area contributed by atoms with Crippen molar-refractivity contribution in [3.05, 3.63) is 75.8 Å². The molecule has 0 aliphatic rings. The Hall–Kier alpha value is -3.15. The van der Waals surface area contributed by atoms with Crippen LogP contribution in [0.15, 0.2) is 54.6 Å². The number of esters is 1. The minimum Gasteiger partial charge on any atom is -0.493 e. The zero-order chi connectivity index (χ0) is 17.4. The van der Waals surface area contributed by atoms with E-state index in [1.54, 1.807) is 24.3 Å². The molecule has 0 fully saturated rings. The van der Waals surface area contributed by atoms with Crippen molar-refractivity contribution in [2.45, 2.75) is 13.5 Å². The number of nitro benzene ring substituents is 1. The van der Waals surface area contributed by atoms with Gasteiger partial charge in [-0.25, -0.2) is 4.79 Å². The van der Waals surface area contributed by atoms with E-state index in [-0.39, 0.29) is 12.3 Å². The van der Waals surface area contributed by atoms with Crippen molar-refractivity contribution >= 4 is 17.7 Å². The van der Waals surface area contributed by atoms with Gasteiger partial charge in [-0.3, -0.25) is 10.1 Å². The van der Waals surface area contributed by atoms with Gasteiger partial charge in [0.2, 0.25) is 0 Å². The van der Waals surface area contributed by atoms with Crippen LogP contribution in [0.25, 0.3) is 6.08 Å². The third-order valence-electron chi connectivity index (χ3n) is 3.17. The number of nitro groups is 1. The molecule has 0 bridgehead atoms. The van der Waals surface area contributed by atoms with Crippen LogP contribution in [-0.2, 0) is 16.1 Å². The Kier molecular flexibility index (Phi) is 6.08. The standard InChI is InChI=1S/C18H17NO5/c1-2-23-17-10-6-4-8-15(17)13-24-18(20)12-11-14-7-3-5-9-16(14)19(21)22/h3-12H,2,13H2,1H3/b12-11+. The summed E-state index contributed by atoms with van der Waals surface area (Å²) >= 11 is 0. The van der Waals surface area contributed by atoms with Crippen molar-refractivity contribution in [3.8, 4) is 5.75 Å². The van der Waals surface area contributed by atoms with E-state index in [9.17, 15) is 14.9 Å². The maximum atomic E-state index is 11.8. The molecule has 0 amide bonds. The van der Waals surface area contributed by atoms with Crippen molar-refractivity contribution in [1.82, 2.24) is 0 Å². The van der Waals surface area contributed by atoms with Crippen LogP contribution in [0.5, 0.6) is 5.75 Å². The third kappa shape index (κ3) is 4.67. The molecule has 6 heteroatoms. The van der Waals surface area contributed by atoms with E-state index < -0.39 is 10.9 Å². The number of ether oxygens (including phenoxy) is 2. The maximum Gasteiger partial charge on any atom is 0.331 e. The predicted molar refractivity (Wildman–Crippen MR) is 89.5 cm³/mol. The molecule has 0 N–H and O–H groups in total. The van der Waals surface area contributed by atoms with Crippen LogP contribution in [0.4, 0.5) is 5.69 Å². The molecule has 0 aliphatic heterocycles. The van der Waals surface area contributed by atoms with Crippen molar-refractivity contribution in [1.29, 1.82) is 0 Å². The largest absolute Gasteiger partial charge is 0.493 e. The molecule has 0 spiro atoms. The van der Waals surface area contributed by atoms with E-state index >= 15 is 0 Å². The summed E-state index contributed by atoms with van der Waals surface area (Å²) in [6.07, 6.45) is 2.54. The van der Waals surface area contributed by atoms with E-state index in [0.29, 0.717) is 17.9 Å². The zero-order valence-corrected chi connectivity index (χ0v) is 13.2. The first-order valence-corrected chi connectivity index (χ1v) is 7.40. The molecule has 0 atom stereocenters. The van der Waals surface area contributed by atoms with Gasteiger partial charge in [-0.2, -0.15) is 0 Å². The number of nitrogens with zero attached hydrogens (tertiary/aromatic N) is 1. The van der Waals surface area contributed by atoms with Crippen molar-refractivity contribution in [3.63, 3.8) is 0 Å². The van der Waals surface area contributed by atoms with Crippen LogP contribution in [0, 0.1) is 10.1 Å². The fraction of sp³-hybridized carbons (Fsp3) is 0.167. The van der Waals surface area contributed by atoms with Gasteiger partial charge in [-0.1, -0.05) is 30.3 Å². The van der Waals surface area contributed by atoms with E-state index in [1.165, 1.54) is 18.2 Å². The fourth-order valence-corrected chi connectivity index (χ4v) is 2.07. The van der Waals surface area contributed by atoms with Gasteiger partial charge in [0.15, 0.2) is 0 Å². The topological polar surface area (TPSA) is 78.7 Å². The Labute approximate surface area is 139 Å². The van der Waals surface area contributed by atoms with Crippen LogP contribution in [-0.4, -0.2) is 17.5 Å². The van der Waals surface area contributed by atoms with Gasteiger partial charge >= 0.3 is 5.97 Å².